The number of benzene rings is 1. The van der Waals surface area contributed by atoms with Crippen molar-refractivity contribution in [1.29, 1.82) is 0 Å². The van der Waals surface area contributed by atoms with Gasteiger partial charge in [-0.2, -0.15) is 30.7 Å². The van der Waals surface area contributed by atoms with E-state index in [-0.39, 0.29) is 16.7 Å². The lowest BCUT2D eigenvalue weighted by molar-refractivity contribution is -0.360. The molecule has 2 nitrogen and oxygen atoms in total. The van der Waals surface area contributed by atoms with E-state index >= 15 is 0 Å². The zero-order valence-corrected chi connectivity index (χ0v) is 10.4. The van der Waals surface area contributed by atoms with Gasteiger partial charge in [0.15, 0.2) is 0 Å². The van der Waals surface area contributed by atoms with Crippen LogP contribution in [-0.2, 0) is 5.92 Å². The summed E-state index contributed by atoms with van der Waals surface area (Å²) in [6, 6.07) is 4.51. The number of alkyl halides is 7. The summed E-state index contributed by atoms with van der Waals surface area (Å²) >= 11 is 0. The third kappa shape index (κ3) is 2.20. The normalized spacial score (nSPS) is 13.7. The molecule has 0 radical (unpaired) electrons. The molecule has 1 heterocycles. The van der Waals surface area contributed by atoms with E-state index < -0.39 is 23.7 Å². The fourth-order valence-electron chi connectivity index (χ4n) is 1.82. The third-order valence-corrected chi connectivity index (χ3v) is 2.93. The summed E-state index contributed by atoms with van der Waals surface area (Å²) < 4.78 is 94.4. The van der Waals surface area contributed by atoms with Crippen LogP contribution < -0.4 is 4.74 Å². The van der Waals surface area contributed by atoms with E-state index in [0.717, 1.165) is 0 Å². The van der Waals surface area contributed by atoms with Gasteiger partial charge in [0.1, 0.15) is 5.75 Å². The van der Waals surface area contributed by atoms with E-state index in [1.54, 1.807) is 0 Å². The van der Waals surface area contributed by atoms with Gasteiger partial charge in [-0.3, -0.25) is 0 Å². The van der Waals surface area contributed by atoms with Gasteiger partial charge in [0, 0.05) is 10.9 Å². The number of fused-ring (bicyclic) bond motifs is 1. The zero-order chi connectivity index (χ0) is 16.1. The van der Waals surface area contributed by atoms with E-state index in [1.165, 1.54) is 25.3 Å². The predicted octanol–water partition coefficient (Wildman–Crippen LogP) is 4.47. The summed E-state index contributed by atoms with van der Waals surface area (Å²) in [5.41, 5.74) is -1.58. The monoisotopic (exact) mass is 315 g/mol. The van der Waals surface area contributed by atoms with Crippen molar-refractivity contribution >= 4 is 10.9 Å². The molecule has 0 fully saturated rings. The highest BCUT2D eigenvalue weighted by atomic mass is 19.4. The summed E-state index contributed by atoms with van der Waals surface area (Å²) in [5.74, 6) is -11.6. The predicted molar refractivity (Wildman–Crippen MR) is 59.7 cm³/mol. The molecule has 0 aliphatic heterocycles. The van der Waals surface area contributed by atoms with Crippen LogP contribution in [0.4, 0.5) is 30.7 Å². The molecule has 2 rings (SSSR count). The molecule has 0 saturated carbocycles. The molecular formula is C12H8F7NO. The lowest BCUT2D eigenvalue weighted by atomic mass is 10.1. The molecule has 0 saturated heterocycles. The van der Waals surface area contributed by atoms with Crippen LogP contribution in [0.25, 0.3) is 10.9 Å². The van der Waals surface area contributed by atoms with E-state index in [2.05, 4.69) is 0 Å². The Labute approximate surface area is 113 Å². The fourth-order valence-corrected chi connectivity index (χ4v) is 1.82. The van der Waals surface area contributed by atoms with Crippen molar-refractivity contribution in [1.82, 2.24) is 4.98 Å². The Balaban J connectivity index is 2.60. The van der Waals surface area contributed by atoms with Crippen molar-refractivity contribution in [2.75, 3.05) is 7.11 Å². The van der Waals surface area contributed by atoms with E-state index in [1.807, 2.05) is 4.98 Å². The van der Waals surface area contributed by atoms with Gasteiger partial charge in [-0.05, 0) is 18.2 Å². The quantitative estimate of drug-likeness (QED) is 0.831. The summed E-state index contributed by atoms with van der Waals surface area (Å²) in [4.78, 5) is 1.88. The molecule has 0 atom stereocenters. The first-order valence-corrected chi connectivity index (χ1v) is 5.51. The van der Waals surface area contributed by atoms with Crippen LogP contribution in [0.15, 0.2) is 24.3 Å². The standard InChI is InChI=1S/C12H8F7NO/c1-21-8-4-2-3-7-6(8)5-9(20-7)10(13,14)11(15,16)12(17,18)19/h2-5,20H,1H3. The molecule has 21 heavy (non-hydrogen) atoms. The van der Waals surface area contributed by atoms with Crippen molar-refractivity contribution in [3.63, 3.8) is 0 Å². The second-order valence-corrected chi connectivity index (χ2v) is 4.25. The number of halogens is 7. The van der Waals surface area contributed by atoms with Gasteiger partial charge in [-0.1, -0.05) is 6.07 Å². The maximum atomic E-state index is 13.6. The van der Waals surface area contributed by atoms with Crippen LogP contribution in [0.3, 0.4) is 0 Å². The van der Waals surface area contributed by atoms with Gasteiger partial charge in [-0.25, -0.2) is 0 Å². The molecular weight excluding hydrogens is 307 g/mol. The molecule has 2 aromatic rings. The lowest BCUT2D eigenvalue weighted by Gasteiger charge is -2.27. The minimum absolute atomic E-state index is 0.0207. The third-order valence-electron chi connectivity index (χ3n) is 2.93. The van der Waals surface area contributed by atoms with Crippen molar-refractivity contribution in [2.45, 2.75) is 18.0 Å². The maximum Gasteiger partial charge on any atom is 0.460 e. The number of aromatic amines is 1. The topological polar surface area (TPSA) is 25.0 Å². The SMILES string of the molecule is COc1cccc2[nH]c(C(F)(F)C(F)(F)C(F)(F)F)cc12. The highest BCUT2D eigenvalue weighted by Crippen LogP contribution is 2.52. The van der Waals surface area contributed by atoms with Gasteiger partial charge in [-0.15, -0.1) is 0 Å². The zero-order valence-electron chi connectivity index (χ0n) is 10.4. The Kier molecular flexibility index (Phi) is 3.34. The highest BCUT2D eigenvalue weighted by Gasteiger charge is 2.74. The van der Waals surface area contributed by atoms with Crippen LogP contribution in [0, 0.1) is 0 Å². The number of ether oxygens (including phenoxy) is 1. The Bertz CT molecular complexity index is 659. The number of hydrogen-bond donors (Lipinski definition) is 1. The number of hydrogen-bond acceptors (Lipinski definition) is 1. The molecule has 116 valence electrons. The number of methoxy groups -OCH3 is 1. The van der Waals surface area contributed by atoms with Crippen molar-refractivity contribution in [2.24, 2.45) is 0 Å². The summed E-state index contributed by atoms with van der Waals surface area (Å²) in [5, 5.41) is -0.0207. The van der Waals surface area contributed by atoms with E-state index in [9.17, 15) is 30.7 Å². The van der Waals surface area contributed by atoms with Crippen molar-refractivity contribution < 1.29 is 35.5 Å². The molecule has 1 N–H and O–H groups in total. The van der Waals surface area contributed by atoms with E-state index in [0.29, 0.717) is 6.07 Å². The first-order chi connectivity index (χ1) is 9.52. The van der Waals surface area contributed by atoms with Gasteiger partial charge in [0.25, 0.3) is 0 Å². The van der Waals surface area contributed by atoms with Crippen LogP contribution in [0.5, 0.6) is 5.75 Å². The Hall–Kier alpha value is -1.93. The number of H-pyrrole nitrogens is 1. The Morgan fingerprint density at radius 3 is 2.14 bits per heavy atom. The summed E-state index contributed by atoms with van der Waals surface area (Å²) in [7, 11) is 1.21. The second kappa shape index (κ2) is 4.54. The largest absolute Gasteiger partial charge is 0.496 e. The van der Waals surface area contributed by atoms with Crippen molar-refractivity contribution in [3.8, 4) is 5.75 Å². The average molecular weight is 315 g/mol. The molecule has 0 unspecified atom stereocenters. The number of aromatic nitrogens is 1. The van der Waals surface area contributed by atoms with E-state index in [4.69, 9.17) is 4.74 Å². The van der Waals surface area contributed by atoms with Crippen LogP contribution >= 0.6 is 0 Å². The molecule has 0 spiro atoms. The van der Waals surface area contributed by atoms with Crippen molar-refractivity contribution in [3.05, 3.63) is 30.0 Å². The molecule has 0 aliphatic carbocycles. The molecule has 0 bridgehead atoms. The van der Waals surface area contributed by atoms with Crippen LogP contribution in [-0.4, -0.2) is 24.2 Å². The summed E-state index contributed by atoms with van der Waals surface area (Å²) in [6.07, 6.45) is -6.38. The summed E-state index contributed by atoms with van der Waals surface area (Å²) in [6.45, 7) is 0. The number of nitrogens with one attached hydrogen (secondary N) is 1. The fraction of sp³-hybridized carbons (Fsp3) is 0.333. The van der Waals surface area contributed by atoms with Gasteiger partial charge in [0.05, 0.1) is 12.8 Å². The minimum Gasteiger partial charge on any atom is -0.496 e. The van der Waals surface area contributed by atoms with Gasteiger partial charge in [0.2, 0.25) is 0 Å². The van der Waals surface area contributed by atoms with Gasteiger partial charge < -0.3 is 9.72 Å². The molecule has 1 aromatic carbocycles. The highest BCUT2D eigenvalue weighted by molar-refractivity contribution is 5.86. The first-order valence-electron chi connectivity index (χ1n) is 5.51. The Morgan fingerprint density at radius 1 is 1.00 bits per heavy atom. The maximum absolute atomic E-state index is 13.6. The molecule has 1 aromatic heterocycles. The smallest absolute Gasteiger partial charge is 0.460 e. The molecule has 0 amide bonds. The molecule has 9 heteroatoms. The Morgan fingerprint density at radius 2 is 1.62 bits per heavy atom. The lowest BCUT2D eigenvalue weighted by Crippen LogP contribution is -2.50. The van der Waals surface area contributed by atoms with Crippen LogP contribution in [0.2, 0.25) is 0 Å². The van der Waals surface area contributed by atoms with Crippen LogP contribution in [0.1, 0.15) is 5.69 Å². The minimum atomic E-state index is -6.38. The first kappa shape index (κ1) is 15.5. The van der Waals surface area contributed by atoms with Gasteiger partial charge >= 0.3 is 18.0 Å². The number of rotatable bonds is 3. The molecule has 0 aliphatic rings. The second-order valence-electron chi connectivity index (χ2n) is 4.25. The average Bonchev–Trinajstić information content (AvgIpc) is 2.81.